The number of nitro groups is 1. The van der Waals surface area contributed by atoms with E-state index < -0.39 is 22.7 Å². The summed E-state index contributed by atoms with van der Waals surface area (Å²) in [5.41, 5.74) is 0.395. The largest absolute Gasteiger partial charge is 0.495 e. The molecule has 2 amide bonds. The molecule has 0 saturated carbocycles. The van der Waals surface area contributed by atoms with Crippen molar-refractivity contribution in [2.45, 2.75) is 13.0 Å². The average Bonchev–Trinajstić information content (AvgIpc) is 2.68. The van der Waals surface area contributed by atoms with Crippen LogP contribution in [0.2, 0.25) is 0 Å². The molecule has 2 aromatic rings. The third-order valence-corrected chi connectivity index (χ3v) is 4.21. The summed E-state index contributed by atoms with van der Waals surface area (Å²) in [4.78, 5) is 36.5. The number of carbonyl (C=O) groups is 2. The molecule has 154 valence electrons. The van der Waals surface area contributed by atoms with E-state index in [-0.39, 0.29) is 29.6 Å². The maximum atomic E-state index is 12.9. The summed E-state index contributed by atoms with van der Waals surface area (Å²) >= 11 is 0. The van der Waals surface area contributed by atoms with Crippen LogP contribution in [0, 0.1) is 15.9 Å². The van der Waals surface area contributed by atoms with Crippen LogP contribution < -0.4 is 15.4 Å². The number of nitrogens with one attached hydrogen (secondary N) is 2. The summed E-state index contributed by atoms with van der Waals surface area (Å²) < 4.78 is 18.0. The van der Waals surface area contributed by atoms with Gasteiger partial charge in [0.25, 0.3) is 5.69 Å². The summed E-state index contributed by atoms with van der Waals surface area (Å²) in [6, 6.07) is 8.43. The summed E-state index contributed by atoms with van der Waals surface area (Å²) in [6.07, 6.45) is 0. The number of anilines is 2. The van der Waals surface area contributed by atoms with Crippen molar-refractivity contribution in [3.63, 3.8) is 0 Å². The van der Waals surface area contributed by atoms with Crippen molar-refractivity contribution in [3.05, 3.63) is 58.4 Å². The summed E-state index contributed by atoms with van der Waals surface area (Å²) in [6.45, 7) is 1.49. The highest BCUT2D eigenvalue weighted by Gasteiger charge is 2.22. The van der Waals surface area contributed by atoms with Gasteiger partial charge >= 0.3 is 0 Å². The molecule has 29 heavy (non-hydrogen) atoms. The van der Waals surface area contributed by atoms with Gasteiger partial charge in [0.1, 0.15) is 11.6 Å². The molecule has 1 atom stereocenters. The first-order valence-corrected chi connectivity index (χ1v) is 8.60. The predicted octanol–water partition coefficient (Wildman–Crippen LogP) is 2.64. The van der Waals surface area contributed by atoms with Crippen LogP contribution in [0.3, 0.4) is 0 Å². The Morgan fingerprint density at radius 3 is 2.45 bits per heavy atom. The first kappa shape index (κ1) is 21.8. The van der Waals surface area contributed by atoms with Gasteiger partial charge in [0, 0.05) is 17.8 Å². The van der Waals surface area contributed by atoms with Crippen LogP contribution in [0.1, 0.15) is 6.92 Å². The molecule has 0 spiro atoms. The van der Waals surface area contributed by atoms with Crippen molar-refractivity contribution in [3.8, 4) is 5.75 Å². The third kappa shape index (κ3) is 5.98. The SMILES string of the molecule is COc1ccc([N+](=O)[O-])cc1NC(=O)[C@H](C)N(C)CC(=O)Nc1ccc(F)cc1. The van der Waals surface area contributed by atoms with Gasteiger partial charge in [-0.25, -0.2) is 4.39 Å². The molecular weight excluding hydrogens is 383 g/mol. The molecule has 0 radical (unpaired) electrons. The van der Waals surface area contributed by atoms with Gasteiger partial charge in [0.05, 0.1) is 30.3 Å². The van der Waals surface area contributed by atoms with E-state index in [0.29, 0.717) is 5.69 Å². The molecule has 0 aromatic heterocycles. The molecule has 2 rings (SSSR count). The molecule has 9 nitrogen and oxygen atoms in total. The zero-order chi connectivity index (χ0) is 21.6. The Morgan fingerprint density at radius 2 is 1.86 bits per heavy atom. The Labute approximate surface area is 166 Å². The highest BCUT2D eigenvalue weighted by Crippen LogP contribution is 2.29. The lowest BCUT2D eigenvalue weighted by molar-refractivity contribution is -0.384. The number of hydrogen-bond acceptors (Lipinski definition) is 6. The van der Waals surface area contributed by atoms with Gasteiger partial charge in [-0.15, -0.1) is 0 Å². The van der Waals surface area contributed by atoms with Crippen molar-refractivity contribution >= 4 is 28.9 Å². The minimum Gasteiger partial charge on any atom is -0.495 e. The molecule has 0 fully saturated rings. The topological polar surface area (TPSA) is 114 Å². The van der Waals surface area contributed by atoms with Crippen LogP contribution >= 0.6 is 0 Å². The Bertz CT molecular complexity index is 904. The smallest absolute Gasteiger partial charge is 0.271 e. The van der Waals surface area contributed by atoms with E-state index >= 15 is 0 Å². The van der Waals surface area contributed by atoms with E-state index in [4.69, 9.17) is 4.74 Å². The van der Waals surface area contributed by atoms with E-state index in [2.05, 4.69) is 10.6 Å². The van der Waals surface area contributed by atoms with E-state index in [9.17, 15) is 24.1 Å². The van der Waals surface area contributed by atoms with Gasteiger partial charge < -0.3 is 15.4 Å². The zero-order valence-corrected chi connectivity index (χ0v) is 16.1. The predicted molar refractivity (Wildman–Crippen MR) is 105 cm³/mol. The number of nitro benzene ring substituents is 1. The van der Waals surface area contributed by atoms with Crippen molar-refractivity contribution in [2.75, 3.05) is 31.3 Å². The molecule has 0 saturated heterocycles. The van der Waals surface area contributed by atoms with E-state index in [0.717, 1.165) is 0 Å². The Kier molecular flexibility index (Phi) is 7.21. The van der Waals surface area contributed by atoms with Gasteiger partial charge in [-0.2, -0.15) is 0 Å². The van der Waals surface area contributed by atoms with Crippen LogP contribution in [-0.2, 0) is 9.59 Å². The van der Waals surface area contributed by atoms with E-state index in [1.807, 2.05) is 0 Å². The normalized spacial score (nSPS) is 11.6. The summed E-state index contributed by atoms with van der Waals surface area (Å²) in [7, 11) is 2.96. The average molecular weight is 404 g/mol. The van der Waals surface area contributed by atoms with Crippen LogP contribution in [0.5, 0.6) is 5.75 Å². The Morgan fingerprint density at radius 1 is 1.21 bits per heavy atom. The highest BCUT2D eigenvalue weighted by molar-refractivity contribution is 5.97. The van der Waals surface area contributed by atoms with Crippen LogP contribution in [0.25, 0.3) is 0 Å². The number of hydrogen-bond donors (Lipinski definition) is 2. The molecule has 0 heterocycles. The maximum absolute atomic E-state index is 12.9. The number of methoxy groups -OCH3 is 1. The first-order valence-electron chi connectivity index (χ1n) is 8.60. The van der Waals surface area contributed by atoms with Gasteiger partial charge in [0.15, 0.2) is 0 Å². The lowest BCUT2D eigenvalue weighted by Gasteiger charge is -2.23. The molecule has 2 aromatic carbocycles. The van der Waals surface area contributed by atoms with Gasteiger partial charge in [-0.1, -0.05) is 0 Å². The second-order valence-electron chi connectivity index (χ2n) is 6.28. The molecule has 0 aliphatic heterocycles. The van der Waals surface area contributed by atoms with Crippen molar-refractivity contribution in [2.24, 2.45) is 0 Å². The number of benzene rings is 2. The quantitative estimate of drug-likeness (QED) is 0.516. The van der Waals surface area contributed by atoms with Gasteiger partial charge in [-0.05, 0) is 44.3 Å². The number of carbonyl (C=O) groups excluding carboxylic acids is 2. The molecule has 0 unspecified atom stereocenters. The molecule has 10 heteroatoms. The molecule has 2 N–H and O–H groups in total. The van der Waals surface area contributed by atoms with E-state index in [1.165, 1.54) is 54.5 Å². The van der Waals surface area contributed by atoms with Crippen molar-refractivity contribution in [1.29, 1.82) is 0 Å². The zero-order valence-electron chi connectivity index (χ0n) is 16.1. The summed E-state index contributed by atoms with van der Waals surface area (Å²) in [5, 5.41) is 16.1. The second-order valence-corrected chi connectivity index (χ2v) is 6.28. The standard InChI is InChI=1S/C19H21FN4O5/c1-12(23(2)11-18(25)21-14-6-4-13(20)5-7-14)19(26)22-16-10-15(24(27)28)8-9-17(16)29-3/h4-10,12H,11H2,1-3H3,(H,21,25)(H,22,26)/t12-/m0/s1. The summed E-state index contributed by atoms with van der Waals surface area (Å²) in [5.74, 6) is -0.998. The number of ether oxygens (including phenoxy) is 1. The molecular formula is C19H21FN4O5. The Hall–Kier alpha value is -3.53. The van der Waals surface area contributed by atoms with Gasteiger partial charge in [-0.3, -0.25) is 24.6 Å². The molecule has 0 bridgehead atoms. The van der Waals surface area contributed by atoms with Crippen LogP contribution in [0.4, 0.5) is 21.5 Å². The molecule has 0 aliphatic carbocycles. The second kappa shape index (κ2) is 9.60. The number of amides is 2. The first-order chi connectivity index (χ1) is 13.7. The minimum atomic E-state index is -0.724. The van der Waals surface area contributed by atoms with Gasteiger partial charge in [0.2, 0.25) is 11.8 Å². The lowest BCUT2D eigenvalue weighted by atomic mass is 10.2. The number of non-ortho nitro benzene ring substituents is 1. The maximum Gasteiger partial charge on any atom is 0.271 e. The van der Waals surface area contributed by atoms with Crippen molar-refractivity contribution < 1.29 is 23.6 Å². The van der Waals surface area contributed by atoms with Crippen molar-refractivity contribution in [1.82, 2.24) is 4.90 Å². The number of likely N-dealkylation sites (N-methyl/N-ethyl adjacent to an activating group) is 1. The fourth-order valence-electron chi connectivity index (χ4n) is 2.44. The number of halogens is 1. The number of nitrogens with zero attached hydrogens (tertiary/aromatic N) is 2. The van der Waals surface area contributed by atoms with Crippen LogP contribution in [0.15, 0.2) is 42.5 Å². The number of rotatable bonds is 8. The minimum absolute atomic E-state index is 0.0992. The third-order valence-electron chi connectivity index (χ3n) is 4.21. The lowest BCUT2D eigenvalue weighted by Crippen LogP contribution is -2.43. The molecule has 0 aliphatic rings. The fourth-order valence-corrected chi connectivity index (χ4v) is 2.44. The van der Waals surface area contributed by atoms with Crippen LogP contribution in [-0.4, -0.2) is 48.4 Å². The highest BCUT2D eigenvalue weighted by atomic mass is 19.1. The van der Waals surface area contributed by atoms with E-state index in [1.54, 1.807) is 14.0 Å². The Balaban J connectivity index is 2.00. The fraction of sp³-hybridized carbons (Fsp3) is 0.263. The monoisotopic (exact) mass is 404 g/mol.